The quantitative estimate of drug-likeness (QED) is 0.629. The summed E-state index contributed by atoms with van der Waals surface area (Å²) < 4.78 is 0. The molecular formula is C14H26N6. The Kier molecular flexibility index (Phi) is 5.86. The lowest BCUT2D eigenvalue weighted by Gasteiger charge is -2.14. The number of anilines is 3. The van der Waals surface area contributed by atoms with E-state index in [-0.39, 0.29) is 0 Å². The van der Waals surface area contributed by atoms with Crippen molar-refractivity contribution in [2.45, 2.75) is 32.6 Å². The van der Waals surface area contributed by atoms with Crippen molar-refractivity contribution in [2.24, 2.45) is 0 Å². The van der Waals surface area contributed by atoms with E-state index in [1.165, 1.54) is 25.9 Å². The molecule has 1 aromatic heterocycles. The van der Waals surface area contributed by atoms with E-state index >= 15 is 0 Å². The Hall–Kier alpha value is -1.56. The molecule has 0 amide bonds. The molecule has 1 fully saturated rings. The number of hydrogen-bond donors (Lipinski definition) is 3. The zero-order chi connectivity index (χ0) is 14.2. The van der Waals surface area contributed by atoms with Crippen molar-refractivity contribution in [2.75, 3.05) is 49.1 Å². The number of nitrogens with zero attached hydrogens (tertiary/aromatic N) is 3. The lowest BCUT2D eigenvalue weighted by Crippen LogP contribution is -2.22. The van der Waals surface area contributed by atoms with Crippen LogP contribution in [0.2, 0.25) is 0 Å². The van der Waals surface area contributed by atoms with Crippen LogP contribution >= 0.6 is 0 Å². The molecule has 6 heteroatoms. The number of hydrogen-bond acceptors (Lipinski definition) is 6. The molecule has 0 atom stereocenters. The molecule has 112 valence electrons. The summed E-state index contributed by atoms with van der Waals surface area (Å²) in [7, 11) is 0. The van der Waals surface area contributed by atoms with Crippen LogP contribution in [-0.2, 0) is 0 Å². The summed E-state index contributed by atoms with van der Waals surface area (Å²) in [6.07, 6.45) is 4.88. The van der Waals surface area contributed by atoms with Crippen LogP contribution in [0.3, 0.4) is 0 Å². The molecule has 1 saturated heterocycles. The van der Waals surface area contributed by atoms with Gasteiger partial charge in [-0.25, -0.2) is 0 Å². The first-order valence-electron chi connectivity index (χ1n) is 7.62. The van der Waals surface area contributed by atoms with Crippen LogP contribution in [0.5, 0.6) is 0 Å². The van der Waals surface area contributed by atoms with Crippen molar-refractivity contribution in [1.29, 1.82) is 0 Å². The summed E-state index contributed by atoms with van der Waals surface area (Å²) in [4.78, 5) is 10.9. The number of aromatic nitrogens is 2. The highest BCUT2D eigenvalue weighted by Crippen LogP contribution is 2.13. The Labute approximate surface area is 121 Å². The second-order valence-corrected chi connectivity index (χ2v) is 5.25. The highest BCUT2D eigenvalue weighted by atomic mass is 15.1. The predicted molar refractivity (Wildman–Crippen MR) is 84.0 cm³/mol. The normalized spacial score (nSPS) is 15.4. The number of nitrogens with two attached hydrogens (primary N) is 1. The van der Waals surface area contributed by atoms with Crippen LogP contribution in [0.15, 0.2) is 6.07 Å². The predicted octanol–water partition coefficient (Wildman–Crippen LogP) is 1.78. The van der Waals surface area contributed by atoms with Gasteiger partial charge in [0.25, 0.3) is 0 Å². The molecule has 6 nitrogen and oxygen atoms in total. The van der Waals surface area contributed by atoms with Crippen molar-refractivity contribution in [3.63, 3.8) is 0 Å². The first-order valence-corrected chi connectivity index (χ1v) is 7.62. The first kappa shape index (κ1) is 14.8. The minimum absolute atomic E-state index is 0.313. The van der Waals surface area contributed by atoms with Crippen LogP contribution in [0.25, 0.3) is 0 Å². The molecule has 0 saturated carbocycles. The maximum absolute atomic E-state index is 5.72. The topological polar surface area (TPSA) is 79.1 Å². The van der Waals surface area contributed by atoms with Crippen LogP contribution in [0.1, 0.15) is 32.6 Å². The van der Waals surface area contributed by atoms with Gasteiger partial charge in [0.2, 0.25) is 5.95 Å². The maximum atomic E-state index is 5.72. The van der Waals surface area contributed by atoms with E-state index in [1.807, 2.05) is 6.07 Å². The van der Waals surface area contributed by atoms with Crippen molar-refractivity contribution >= 4 is 17.6 Å². The average Bonchev–Trinajstić information content (AvgIpc) is 2.94. The van der Waals surface area contributed by atoms with Gasteiger partial charge in [0, 0.05) is 19.2 Å². The molecule has 0 unspecified atom stereocenters. The molecule has 20 heavy (non-hydrogen) atoms. The standard InChI is InChI=1S/C14H26N6/c1-2-6-16-12-11-13(19-14(15)18-12)17-7-5-10-20-8-3-4-9-20/h11H,2-10H2,1H3,(H4,15,16,17,18,19). The van der Waals surface area contributed by atoms with Crippen molar-refractivity contribution in [3.8, 4) is 0 Å². The van der Waals surface area contributed by atoms with E-state index in [2.05, 4.69) is 32.4 Å². The SMILES string of the molecule is CCCNc1cc(NCCCN2CCCC2)nc(N)n1. The van der Waals surface area contributed by atoms with Gasteiger partial charge < -0.3 is 21.3 Å². The van der Waals surface area contributed by atoms with Gasteiger partial charge in [0.1, 0.15) is 11.6 Å². The largest absolute Gasteiger partial charge is 0.370 e. The third kappa shape index (κ3) is 4.85. The Balaban J connectivity index is 1.74. The molecule has 4 N–H and O–H groups in total. The lowest BCUT2D eigenvalue weighted by atomic mass is 10.4. The van der Waals surface area contributed by atoms with Gasteiger partial charge >= 0.3 is 0 Å². The van der Waals surface area contributed by atoms with Crippen molar-refractivity contribution in [1.82, 2.24) is 14.9 Å². The van der Waals surface area contributed by atoms with Crippen LogP contribution in [-0.4, -0.2) is 47.6 Å². The smallest absolute Gasteiger partial charge is 0.223 e. The van der Waals surface area contributed by atoms with Gasteiger partial charge in [-0.2, -0.15) is 9.97 Å². The van der Waals surface area contributed by atoms with Gasteiger partial charge in [-0.3, -0.25) is 0 Å². The number of nitrogens with one attached hydrogen (secondary N) is 2. The summed E-state index contributed by atoms with van der Waals surface area (Å²) in [6.45, 7) is 7.60. The molecule has 2 rings (SSSR count). The fourth-order valence-electron chi connectivity index (χ4n) is 2.43. The first-order chi connectivity index (χ1) is 9.78. The number of nitrogen functional groups attached to an aromatic ring is 1. The maximum Gasteiger partial charge on any atom is 0.223 e. The summed E-state index contributed by atoms with van der Waals surface area (Å²) in [5.41, 5.74) is 5.72. The molecule has 0 bridgehead atoms. The van der Waals surface area contributed by atoms with Gasteiger partial charge in [-0.1, -0.05) is 6.92 Å². The monoisotopic (exact) mass is 278 g/mol. The third-order valence-corrected chi connectivity index (χ3v) is 3.46. The van der Waals surface area contributed by atoms with Crippen LogP contribution in [0.4, 0.5) is 17.6 Å². The summed E-state index contributed by atoms with van der Waals surface area (Å²) >= 11 is 0. The second-order valence-electron chi connectivity index (χ2n) is 5.25. The fraction of sp³-hybridized carbons (Fsp3) is 0.714. The molecule has 2 heterocycles. The molecule has 1 aromatic rings. The average molecular weight is 278 g/mol. The van der Waals surface area contributed by atoms with Crippen LogP contribution in [0, 0.1) is 0 Å². The summed E-state index contributed by atoms with van der Waals surface area (Å²) in [5, 5.41) is 6.56. The van der Waals surface area contributed by atoms with Crippen molar-refractivity contribution in [3.05, 3.63) is 6.07 Å². The molecule has 0 aromatic carbocycles. The third-order valence-electron chi connectivity index (χ3n) is 3.46. The second kappa shape index (κ2) is 7.89. The highest BCUT2D eigenvalue weighted by molar-refractivity contribution is 5.50. The Bertz CT molecular complexity index is 403. The van der Waals surface area contributed by atoms with Gasteiger partial charge in [-0.15, -0.1) is 0 Å². The lowest BCUT2D eigenvalue weighted by molar-refractivity contribution is 0.337. The number of likely N-dealkylation sites (tertiary alicyclic amines) is 1. The van der Waals surface area contributed by atoms with Gasteiger partial charge in [0.05, 0.1) is 0 Å². The summed E-state index contributed by atoms with van der Waals surface area (Å²) in [5.74, 6) is 1.91. The Morgan fingerprint density at radius 1 is 1.15 bits per heavy atom. The Morgan fingerprint density at radius 2 is 1.80 bits per heavy atom. The summed E-state index contributed by atoms with van der Waals surface area (Å²) in [6, 6.07) is 1.92. The zero-order valence-corrected chi connectivity index (χ0v) is 12.4. The highest BCUT2D eigenvalue weighted by Gasteiger charge is 2.10. The van der Waals surface area contributed by atoms with Crippen LogP contribution < -0.4 is 16.4 Å². The van der Waals surface area contributed by atoms with E-state index < -0.39 is 0 Å². The minimum Gasteiger partial charge on any atom is -0.370 e. The molecule has 0 radical (unpaired) electrons. The van der Waals surface area contributed by atoms with E-state index in [4.69, 9.17) is 5.73 Å². The minimum atomic E-state index is 0.313. The fourth-order valence-corrected chi connectivity index (χ4v) is 2.43. The molecule has 1 aliphatic rings. The molecular weight excluding hydrogens is 252 g/mol. The van der Waals surface area contributed by atoms with E-state index in [1.54, 1.807) is 0 Å². The number of rotatable bonds is 8. The van der Waals surface area contributed by atoms with Gasteiger partial charge in [0.15, 0.2) is 0 Å². The van der Waals surface area contributed by atoms with Crippen molar-refractivity contribution < 1.29 is 0 Å². The molecule has 0 spiro atoms. The molecule has 0 aliphatic carbocycles. The van der Waals surface area contributed by atoms with E-state index in [0.717, 1.165) is 44.1 Å². The Morgan fingerprint density at radius 3 is 2.45 bits per heavy atom. The zero-order valence-electron chi connectivity index (χ0n) is 12.4. The molecule has 1 aliphatic heterocycles. The van der Waals surface area contributed by atoms with Gasteiger partial charge in [-0.05, 0) is 45.3 Å². The van der Waals surface area contributed by atoms with E-state index in [9.17, 15) is 0 Å². The van der Waals surface area contributed by atoms with E-state index in [0.29, 0.717) is 5.95 Å².